The number of methoxy groups -OCH3 is 1. The van der Waals surface area contributed by atoms with Crippen molar-refractivity contribution in [2.24, 2.45) is 0 Å². The Morgan fingerprint density at radius 2 is 1.89 bits per heavy atom. The van der Waals surface area contributed by atoms with E-state index in [9.17, 15) is 5.26 Å². The van der Waals surface area contributed by atoms with Crippen LogP contribution < -0.4 is 10.2 Å². The van der Waals surface area contributed by atoms with Gasteiger partial charge in [-0.25, -0.2) is 0 Å². The number of nitriles is 1. The number of rotatable bonds is 2. The van der Waals surface area contributed by atoms with Gasteiger partial charge in [-0.2, -0.15) is 10.2 Å². The second-order valence-electron chi connectivity index (χ2n) is 6.43. The van der Waals surface area contributed by atoms with E-state index in [2.05, 4.69) is 16.0 Å². The maximum atomic E-state index is 9.63. The molecule has 0 unspecified atom stereocenters. The summed E-state index contributed by atoms with van der Waals surface area (Å²) in [5.41, 5.74) is 3.42. The van der Waals surface area contributed by atoms with Crippen molar-refractivity contribution < 1.29 is 9.15 Å². The Labute approximate surface area is 159 Å². The fraction of sp³-hybridized carbons (Fsp3) is 0.0455. The molecule has 0 radical (unpaired) electrons. The molecule has 28 heavy (non-hydrogen) atoms. The quantitative estimate of drug-likeness (QED) is 0.355. The smallest absolute Gasteiger partial charge is 0.231 e. The zero-order chi connectivity index (χ0) is 19.3. The topological polar surface area (TPSA) is 98.7 Å². The van der Waals surface area contributed by atoms with Gasteiger partial charge in [0.1, 0.15) is 23.0 Å². The fourth-order valence-electron chi connectivity index (χ4n) is 3.53. The molecular formula is C22H14N4O2. The number of ether oxygens (including phenoxy) is 1. The largest absolute Gasteiger partial charge is 0.497 e. The summed E-state index contributed by atoms with van der Waals surface area (Å²) in [5, 5.41) is 20.3. The highest BCUT2D eigenvalue weighted by atomic mass is 16.5. The van der Waals surface area contributed by atoms with Crippen LogP contribution in [0.15, 0.2) is 59.0 Å². The van der Waals surface area contributed by atoms with E-state index in [-0.39, 0.29) is 11.1 Å². The number of aromatic nitrogens is 2. The highest BCUT2D eigenvalue weighted by Gasteiger charge is 2.17. The van der Waals surface area contributed by atoms with Crippen molar-refractivity contribution >= 4 is 33.0 Å². The number of benzene rings is 2. The lowest BCUT2D eigenvalue weighted by molar-refractivity contribution is 0.415. The lowest BCUT2D eigenvalue weighted by atomic mass is 10.0. The van der Waals surface area contributed by atoms with E-state index >= 15 is 0 Å². The van der Waals surface area contributed by atoms with Crippen LogP contribution in [0.2, 0.25) is 0 Å². The van der Waals surface area contributed by atoms with Gasteiger partial charge in [-0.1, -0.05) is 18.2 Å². The highest BCUT2D eigenvalue weighted by Crippen LogP contribution is 2.35. The van der Waals surface area contributed by atoms with Gasteiger partial charge in [0.05, 0.1) is 18.0 Å². The van der Waals surface area contributed by atoms with Crippen LogP contribution in [0.1, 0.15) is 5.56 Å². The normalized spacial score (nSPS) is 11.1. The molecule has 0 aliphatic heterocycles. The van der Waals surface area contributed by atoms with Crippen molar-refractivity contribution in [2.75, 3.05) is 7.11 Å². The minimum Gasteiger partial charge on any atom is -0.497 e. The molecule has 0 fully saturated rings. The minimum absolute atomic E-state index is 0.113. The molecule has 5 aromatic rings. The molecular weight excluding hydrogens is 352 g/mol. The highest BCUT2D eigenvalue weighted by molar-refractivity contribution is 6.17. The third-order valence-electron chi connectivity index (χ3n) is 4.88. The van der Waals surface area contributed by atoms with Crippen LogP contribution in [0.3, 0.4) is 0 Å². The van der Waals surface area contributed by atoms with Gasteiger partial charge < -0.3 is 14.1 Å². The standard InChI is InChI=1S/C22H14N4O2/c1-27-13-8-6-12(7-9-13)17-10-15-14-4-2-3-5-18(14)28-22-19(15)20(25-17)16(11-23)21(24)26-22/h2-10,24-25H,1H3. The maximum Gasteiger partial charge on any atom is 0.231 e. The summed E-state index contributed by atoms with van der Waals surface area (Å²) in [7, 11) is 1.63. The first kappa shape index (κ1) is 16.1. The Hall–Kier alpha value is -4.11. The second kappa shape index (κ2) is 5.96. The van der Waals surface area contributed by atoms with Crippen LogP contribution >= 0.6 is 0 Å². The first-order chi connectivity index (χ1) is 13.7. The van der Waals surface area contributed by atoms with Gasteiger partial charge in [0.25, 0.3) is 0 Å². The lowest BCUT2D eigenvalue weighted by Gasteiger charge is -2.12. The van der Waals surface area contributed by atoms with Gasteiger partial charge >= 0.3 is 0 Å². The summed E-state index contributed by atoms with van der Waals surface area (Å²) in [5.74, 6) is 0.766. The van der Waals surface area contributed by atoms with E-state index in [0.717, 1.165) is 27.8 Å². The average molecular weight is 366 g/mol. The first-order valence-electron chi connectivity index (χ1n) is 8.67. The van der Waals surface area contributed by atoms with Crippen molar-refractivity contribution in [3.8, 4) is 23.1 Å². The monoisotopic (exact) mass is 366 g/mol. The molecule has 6 heteroatoms. The number of nitrogens with zero attached hydrogens (tertiary/aromatic N) is 2. The zero-order valence-electron chi connectivity index (χ0n) is 14.9. The third kappa shape index (κ3) is 2.27. The van der Waals surface area contributed by atoms with E-state index in [4.69, 9.17) is 14.6 Å². The van der Waals surface area contributed by atoms with E-state index in [1.54, 1.807) is 7.11 Å². The molecule has 3 aromatic heterocycles. The minimum atomic E-state index is -0.113. The van der Waals surface area contributed by atoms with E-state index in [1.807, 2.05) is 54.6 Å². The molecule has 2 N–H and O–H groups in total. The molecule has 0 aliphatic carbocycles. The average Bonchev–Trinajstić information content (AvgIpc) is 2.73. The first-order valence-corrected chi connectivity index (χ1v) is 8.67. The van der Waals surface area contributed by atoms with E-state index in [0.29, 0.717) is 22.2 Å². The van der Waals surface area contributed by atoms with Crippen molar-refractivity contribution in [3.63, 3.8) is 0 Å². The Bertz CT molecular complexity index is 1470. The third-order valence-corrected chi connectivity index (χ3v) is 4.88. The molecule has 5 rings (SSSR count). The van der Waals surface area contributed by atoms with Crippen LogP contribution in [0.4, 0.5) is 0 Å². The van der Waals surface area contributed by atoms with Gasteiger partial charge in [-0.15, -0.1) is 0 Å². The summed E-state index contributed by atoms with van der Waals surface area (Å²) in [6.45, 7) is 0. The maximum absolute atomic E-state index is 9.63. The number of aromatic amines is 1. The zero-order valence-corrected chi connectivity index (χ0v) is 14.9. The van der Waals surface area contributed by atoms with Gasteiger partial charge in [0.2, 0.25) is 5.71 Å². The number of para-hydroxylation sites is 1. The summed E-state index contributed by atoms with van der Waals surface area (Å²) in [4.78, 5) is 7.53. The van der Waals surface area contributed by atoms with Crippen LogP contribution in [0, 0.1) is 16.7 Å². The summed E-state index contributed by atoms with van der Waals surface area (Å²) in [6.07, 6.45) is 0. The number of nitrogens with one attached hydrogen (secondary N) is 2. The molecule has 3 heterocycles. The van der Waals surface area contributed by atoms with Crippen LogP contribution in [0.25, 0.3) is 44.2 Å². The number of hydrogen-bond acceptors (Lipinski definition) is 5. The SMILES string of the molecule is COc1ccc(-c2cc3c4ccccc4oc4nc(=N)c(C#N)c([nH]2)c43)cc1. The molecule has 0 spiro atoms. The van der Waals surface area contributed by atoms with Crippen LogP contribution in [-0.2, 0) is 0 Å². The predicted molar refractivity (Wildman–Crippen MR) is 106 cm³/mol. The van der Waals surface area contributed by atoms with Crippen molar-refractivity contribution in [1.82, 2.24) is 9.97 Å². The van der Waals surface area contributed by atoms with Gasteiger partial charge in [-0.3, -0.25) is 5.41 Å². The molecule has 134 valence electrons. The fourth-order valence-corrected chi connectivity index (χ4v) is 3.53. The van der Waals surface area contributed by atoms with Gasteiger partial charge in [0, 0.05) is 16.5 Å². The number of pyridine rings is 2. The van der Waals surface area contributed by atoms with Gasteiger partial charge in [-0.05, 0) is 42.0 Å². The van der Waals surface area contributed by atoms with Crippen LogP contribution in [-0.4, -0.2) is 17.1 Å². The Morgan fingerprint density at radius 1 is 1.11 bits per heavy atom. The molecule has 0 saturated carbocycles. The molecule has 0 aliphatic rings. The van der Waals surface area contributed by atoms with Crippen molar-refractivity contribution in [3.05, 3.63) is 65.6 Å². The molecule has 0 bridgehead atoms. The summed E-state index contributed by atoms with van der Waals surface area (Å²) in [6, 6.07) is 19.5. The lowest BCUT2D eigenvalue weighted by Crippen LogP contribution is -2.12. The summed E-state index contributed by atoms with van der Waals surface area (Å²) >= 11 is 0. The number of H-pyrrole nitrogens is 1. The Morgan fingerprint density at radius 3 is 2.64 bits per heavy atom. The van der Waals surface area contributed by atoms with E-state index in [1.165, 1.54) is 0 Å². The van der Waals surface area contributed by atoms with Crippen LogP contribution in [0.5, 0.6) is 5.75 Å². The second-order valence-corrected chi connectivity index (χ2v) is 6.43. The summed E-state index contributed by atoms with van der Waals surface area (Å²) < 4.78 is 11.2. The molecule has 0 atom stereocenters. The van der Waals surface area contributed by atoms with Crippen molar-refractivity contribution in [1.29, 1.82) is 10.7 Å². The van der Waals surface area contributed by atoms with E-state index < -0.39 is 0 Å². The molecule has 0 saturated heterocycles. The molecule has 6 nitrogen and oxygen atoms in total. The number of hydrogen-bond donors (Lipinski definition) is 2. The Kier molecular flexibility index (Phi) is 3.43. The Balaban J connectivity index is 1.97. The molecule has 2 aromatic carbocycles. The van der Waals surface area contributed by atoms with Gasteiger partial charge in [0.15, 0.2) is 5.49 Å². The predicted octanol–water partition coefficient (Wildman–Crippen LogP) is 4.49. The number of fused-ring (bicyclic) bond motifs is 2. The molecule has 0 amide bonds. The van der Waals surface area contributed by atoms with Crippen molar-refractivity contribution in [2.45, 2.75) is 0 Å².